The summed E-state index contributed by atoms with van der Waals surface area (Å²) in [4.78, 5) is 15.8. The van der Waals surface area contributed by atoms with Crippen LogP contribution in [0.5, 0.6) is 0 Å². The molecule has 2 fully saturated rings. The largest absolute Gasteiger partial charge is 0.388 e. The van der Waals surface area contributed by atoms with Gasteiger partial charge in [-0.2, -0.15) is 0 Å². The number of aromatic nitrogens is 1. The number of aromatic amines is 1. The average Bonchev–Trinajstić information content (AvgIpc) is 3.12. The van der Waals surface area contributed by atoms with Crippen LogP contribution in [0.4, 0.5) is 13.2 Å². The fourth-order valence-corrected chi connectivity index (χ4v) is 5.36. The van der Waals surface area contributed by atoms with Crippen LogP contribution >= 0.6 is 0 Å². The van der Waals surface area contributed by atoms with Crippen molar-refractivity contribution in [2.45, 2.75) is 56.5 Å². The first-order valence-corrected chi connectivity index (χ1v) is 11.6. The van der Waals surface area contributed by atoms with Gasteiger partial charge in [0.05, 0.1) is 16.8 Å². The van der Waals surface area contributed by atoms with Crippen LogP contribution in [0.3, 0.4) is 0 Å². The lowest BCUT2D eigenvalue weighted by Gasteiger charge is -2.37. The molecular weight excluding hydrogens is 429 g/mol. The zero-order chi connectivity index (χ0) is 23.2. The van der Waals surface area contributed by atoms with Crippen molar-refractivity contribution in [1.29, 1.82) is 0 Å². The maximum atomic E-state index is 14.5. The maximum absolute atomic E-state index is 14.5. The molecule has 1 aromatic heterocycles. The number of carbonyl (C=O) groups is 1. The van der Waals surface area contributed by atoms with Crippen molar-refractivity contribution in [3.8, 4) is 11.3 Å². The number of hydrogen-bond acceptors (Lipinski definition) is 2. The van der Waals surface area contributed by atoms with E-state index in [0.29, 0.717) is 42.3 Å². The minimum atomic E-state index is -0.821. The number of amides is 1. The predicted molar refractivity (Wildman–Crippen MR) is 120 cm³/mol. The van der Waals surface area contributed by atoms with E-state index in [2.05, 4.69) is 10.3 Å². The summed E-state index contributed by atoms with van der Waals surface area (Å²) in [5.41, 5.74) is 1.44. The number of fused-ring (bicyclic) bond motifs is 1. The second kappa shape index (κ2) is 8.52. The number of nitrogens with one attached hydrogen (secondary N) is 2. The van der Waals surface area contributed by atoms with Gasteiger partial charge in [0.1, 0.15) is 17.5 Å². The van der Waals surface area contributed by atoms with E-state index in [-0.39, 0.29) is 35.6 Å². The lowest BCUT2D eigenvalue weighted by Crippen LogP contribution is -2.47. The van der Waals surface area contributed by atoms with E-state index in [4.69, 9.17) is 0 Å². The van der Waals surface area contributed by atoms with Crippen LogP contribution in [0.25, 0.3) is 22.2 Å². The molecule has 1 heterocycles. The summed E-state index contributed by atoms with van der Waals surface area (Å²) in [5.74, 6) is -2.10. The van der Waals surface area contributed by atoms with E-state index in [9.17, 15) is 23.1 Å². The topological polar surface area (TPSA) is 65.1 Å². The highest BCUT2D eigenvalue weighted by Crippen LogP contribution is 2.48. The normalized spacial score (nSPS) is 22.2. The van der Waals surface area contributed by atoms with E-state index in [0.717, 1.165) is 30.9 Å². The van der Waals surface area contributed by atoms with Gasteiger partial charge >= 0.3 is 0 Å². The highest BCUT2D eigenvalue weighted by atomic mass is 19.1. The van der Waals surface area contributed by atoms with Crippen LogP contribution < -0.4 is 5.32 Å². The molecule has 0 bridgehead atoms. The molecule has 2 aliphatic rings. The number of rotatable bonds is 5. The number of carbonyl (C=O) groups excluding carboxylic acids is 1. The van der Waals surface area contributed by atoms with Crippen molar-refractivity contribution in [1.82, 2.24) is 10.3 Å². The fourth-order valence-electron chi connectivity index (χ4n) is 5.36. The zero-order valence-corrected chi connectivity index (χ0v) is 18.3. The second-order valence-electron chi connectivity index (χ2n) is 9.60. The molecule has 2 saturated carbocycles. The summed E-state index contributed by atoms with van der Waals surface area (Å²) in [7, 11) is 0. The summed E-state index contributed by atoms with van der Waals surface area (Å²) in [5, 5.41) is 14.0. The molecule has 174 valence electrons. The maximum Gasteiger partial charge on any atom is 0.223 e. The molecule has 0 unspecified atom stereocenters. The molecule has 2 aliphatic carbocycles. The average molecular weight is 457 g/mol. The van der Waals surface area contributed by atoms with Gasteiger partial charge in [-0.25, -0.2) is 13.2 Å². The van der Waals surface area contributed by atoms with E-state index in [1.54, 1.807) is 12.1 Å². The molecular formula is C26H27F3N2O2. The van der Waals surface area contributed by atoms with Crippen molar-refractivity contribution >= 4 is 16.8 Å². The van der Waals surface area contributed by atoms with Gasteiger partial charge in [0.15, 0.2) is 0 Å². The van der Waals surface area contributed by atoms with Gasteiger partial charge in [-0.05, 0) is 73.1 Å². The lowest BCUT2D eigenvalue weighted by molar-refractivity contribution is -0.129. The molecule has 3 N–H and O–H groups in total. The van der Waals surface area contributed by atoms with Gasteiger partial charge in [-0.1, -0.05) is 19.3 Å². The summed E-state index contributed by atoms with van der Waals surface area (Å²) in [6.45, 7) is 0.261. The standard InChI is InChI=1S/C26H27F3N2O2/c27-18-6-4-15(5-7-18)23-22(20-12-19(28)13-21(29)24(20)31-23)16-10-17(11-16)25(32)30-14-26(33)8-2-1-3-9-26/h4-7,12-13,16-17,31,33H,1-3,8-11,14H2,(H,30,32)/t16-,17-. The Labute approximate surface area is 190 Å². The van der Waals surface area contributed by atoms with Crippen molar-refractivity contribution in [3.05, 3.63) is 59.4 Å². The van der Waals surface area contributed by atoms with Crippen LogP contribution in [-0.2, 0) is 4.79 Å². The summed E-state index contributed by atoms with van der Waals surface area (Å²) in [6, 6.07) is 8.01. The van der Waals surface area contributed by atoms with Crippen LogP contribution in [0.1, 0.15) is 56.4 Å². The van der Waals surface area contributed by atoms with Crippen LogP contribution in [0.2, 0.25) is 0 Å². The van der Waals surface area contributed by atoms with Crippen LogP contribution in [-0.4, -0.2) is 28.1 Å². The Morgan fingerprint density at radius 2 is 1.73 bits per heavy atom. The third kappa shape index (κ3) is 4.26. The molecule has 0 atom stereocenters. The number of hydrogen-bond donors (Lipinski definition) is 3. The number of aliphatic hydroxyl groups is 1. The number of halogens is 3. The third-order valence-corrected chi connectivity index (χ3v) is 7.29. The zero-order valence-electron chi connectivity index (χ0n) is 18.3. The van der Waals surface area contributed by atoms with Gasteiger partial charge in [-0.3, -0.25) is 4.79 Å². The first kappa shape index (κ1) is 22.0. The fraction of sp³-hybridized carbons (Fsp3) is 0.423. The van der Waals surface area contributed by atoms with E-state index in [1.807, 2.05) is 0 Å². The Kier molecular flexibility index (Phi) is 5.69. The van der Waals surface area contributed by atoms with Crippen molar-refractivity contribution in [2.24, 2.45) is 5.92 Å². The summed E-state index contributed by atoms with van der Waals surface area (Å²) < 4.78 is 42.0. The molecule has 3 aromatic rings. The first-order valence-electron chi connectivity index (χ1n) is 11.6. The molecule has 0 radical (unpaired) electrons. The second-order valence-corrected chi connectivity index (χ2v) is 9.60. The predicted octanol–water partition coefficient (Wildman–Crippen LogP) is 5.56. The van der Waals surface area contributed by atoms with E-state index >= 15 is 0 Å². The smallest absolute Gasteiger partial charge is 0.223 e. The molecule has 0 aliphatic heterocycles. The van der Waals surface area contributed by atoms with Crippen molar-refractivity contribution in [3.63, 3.8) is 0 Å². The minimum absolute atomic E-state index is 0.0616. The van der Waals surface area contributed by atoms with Crippen LogP contribution in [0, 0.1) is 23.4 Å². The molecule has 5 rings (SSSR count). The van der Waals surface area contributed by atoms with Crippen LogP contribution in [0.15, 0.2) is 36.4 Å². The van der Waals surface area contributed by atoms with Crippen molar-refractivity contribution < 1.29 is 23.1 Å². The Bertz CT molecular complexity index is 1180. The molecule has 4 nitrogen and oxygen atoms in total. The lowest BCUT2D eigenvalue weighted by atomic mass is 9.69. The Hall–Kier alpha value is -2.80. The first-order chi connectivity index (χ1) is 15.8. The molecule has 0 spiro atoms. The van der Waals surface area contributed by atoms with Gasteiger partial charge < -0.3 is 15.4 Å². The summed E-state index contributed by atoms with van der Waals surface area (Å²) in [6.07, 6.45) is 5.55. The quantitative estimate of drug-likeness (QED) is 0.471. The Morgan fingerprint density at radius 1 is 1.03 bits per heavy atom. The van der Waals surface area contributed by atoms with Crippen molar-refractivity contribution in [2.75, 3.05) is 6.54 Å². The van der Waals surface area contributed by atoms with Gasteiger partial charge in [0.2, 0.25) is 5.91 Å². The van der Waals surface area contributed by atoms with Gasteiger partial charge in [0, 0.05) is 23.9 Å². The summed E-state index contributed by atoms with van der Waals surface area (Å²) >= 11 is 0. The van der Waals surface area contributed by atoms with Gasteiger partial charge in [0.25, 0.3) is 0 Å². The van der Waals surface area contributed by atoms with E-state index < -0.39 is 17.2 Å². The van der Waals surface area contributed by atoms with Gasteiger partial charge in [-0.15, -0.1) is 0 Å². The highest BCUT2D eigenvalue weighted by molar-refractivity contribution is 5.92. The molecule has 0 saturated heterocycles. The third-order valence-electron chi connectivity index (χ3n) is 7.29. The number of benzene rings is 2. The van der Waals surface area contributed by atoms with E-state index in [1.165, 1.54) is 18.2 Å². The molecule has 33 heavy (non-hydrogen) atoms. The molecule has 2 aromatic carbocycles. The molecule has 7 heteroatoms. The number of H-pyrrole nitrogens is 1. The Morgan fingerprint density at radius 3 is 2.42 bits per heavy atom. The SMILES string of the molecule is O=C(NCC1(O)CCCCC1)[C@H]1C[C@H](c2c(-c3ccc(F)cc3)[nH]c3c(F)cc(F)cc32)C1. The minimum Gasteiger partial charge on any atom is -0.388 e. The Balaban J connectivity index is 1.37. The monoisotopic (exact) mass is 456 g/mol. The highest BCUT2D eigenvalue weighted by Gasteiger charge is 2.39. The molecule has 1 amide bonds.